The van der Waals surface area contributed by atoms with E-state index in [0.717, 1.165) is 38.0 Å². The van der Waals surface area contributed by atoms with E-state index in [1.807, 2.05) is 12.1 Å². The predicted molar refractivity (Wildman–Crippen MR) is 92.1 cm³/mol. The Morgan fingerprint density at radius 1 is 1.09 bits per heavy atom. The number of nitrogens with zero attached hydrogens (tertiary/aromatic N) is 1. The summed E-state index contributed by atoms with van der Waals surface area (Å²) in [5.74, 6) is 0.306. The van der Waals surface area contributed by atoms with Crippen molar-refractivity contribution in [1.29, 1.82) is 0 Å². The highest BCUT2D eigenvalue weighted by Crippen LogP contribution is 2.26. The van der Waals surface area contributed by atoms with E-state index in [1.165, 1.54) is 5.56 Å². The number of aliphatic hydroxyl groups is 1. The van der Waals surface area contributed by atoms with Gasteiger partial charge in [0.1, 0.15) is 5.75 Å². The third kappa shape index (κ3) is 4.03. The second kappa shape index (κ2) is 7.02. The first-order valence-corrected chi connectivity index (χ1v) is 8.13. The van der Waals surface area contributed by atoms with E-state index < -0.39 is 0 Å². The van der Waals surface area contributed by atoms with Crippen LogP contribution in [0.3, 0.4) is 0 Å². The molecule has 3 rings (SSSR count). The highest BCUT2D eigenvalue weighted by Gasteiger charge is 2.27. The van der Waals surface area contributed by atoms with Crippen molar-refractivity contribution in [3.05, 3.63) is 59.7 Å². The average molecular weight is 312 g/mol. The number of hydrogen-bond donors (Lipinski definition) is 3. The van der Waals surface area contributed by atoms with Crippen LogP contribution in [0.2, 0.25) is 0 Å². The highest BCUT2D eigenvalue weighted by molar-refractivity contribution is 5.53. The smallest absolute Gasteiger partial charge is 0.138 e. The van der Waals surface area contributed by atoms with Crippen LogP contribution in [0.15, 0.2) is 48.5 Å². The molecular formula is C19H24N2O2. The van der Waals surface area contributed by atoms with Crippen molar-refractivity contribution >= 4 is 5.69 Å². The van der Waals surface area contributed by atoms with Crippen LogP contribution < -0.4 is 5.73 Å². The zero-order valence-corrected chi connectivity index (χ0v) is 13.2. The van der Waals surface area contributed by atoms with Crippen LogP contribution in [0, 0.1) is 5.92 Å². The Labute approximate surface area is 137 Å². The Morgan fingerprint density at radius 3 is 2.61 bits per heavy atom. The normalized spacial score (nSPS) is 22.1. The van der Waals surface area contributed by atoms with Gasteiger partial charge >= 0.3 is 0 Å². The van der Waals surface area contributed by atoms with Gasteiger partial charge in [0, 0.05) is 25.6 Å². The van der Waals surface area contributed by atoms with Gasteiger partial charge < -0.3 is 15.9 Å². The molecule has 2 aromatic carbocycles. The molecule has 0 aromatic heterocycles. The fourth-order valence-corrected chi connectivity index (χ4v) is 3.31. The Bertz CT molecular complexity index is 645. The fourth-order valence-electron chi connectivity index (χ4n) is 3.31. The lowest BCUT2D eigenvalue weighted by atomic mass is 9.88. The maximum Gasteiger partial charge on any atom is 0.138 e. The van der Waals surface area contributed by atoms with Gasteiger partial charge in [0.2, 0.25) is 0 Å². The Morgan fingerprint density at radius 2 is 1.87 bits per heavy atom. The van der Waals surface area contributed by atoms with E-state index in [0.29, 0.717) is 5.69 Å². The molecule has 122 valence electrons. The summed E-state index contributed by atoms with van der Waals surface area (Å²) in [7, 11) is 0. The van der Waals surface area contributed by atoms with Gasteiger partial charge in [0.25, 0.3) is 0 Å². The lowest BCUT2D eigenvalue weighted by Crippen LogP contribution is -2.43. The van der Waals surface area contributed by atoms with Crippen molar-refractivity contribution in [2.24, 2.45) is 5.92 Å². The van der Waals surface area contributed by atoms with Crippen molar-refractivity contribution in [3.63, 3.8) is 0 Å². The molecule has 4 nitrogen and oxygen atoms in total. The number of benzene rings is 2. The Hall–Kier alpha value is -2.04. The maximum atomic E-state index is 10.3. The number of piperidine rings is 1. The van der Waals surface area contributed by atoms with Crippen molar-refractivity contribution in [2.75, 3.05) is 18.8 Å². The Balaban J connectivity index is 1.64. The summed E-state index contributed by atoms with van der Waals surface area (Å²) in [6.07, 6.45) is 1.29. The third-order valence-corrected chi connectivity index (χ3v) is 4.62. The molecule has 0 amide bonds. The van der Waals surface area contributed by atoms with Crippen LogP contribution in [0.4, 0.5) is 5.69 Å². The monoisotopic (exact) mass is 312 g/mol. The second-order valence-corrected chi connectivity index (χ2v) is 6.43. The summed E-state index contributed by atoms with van der Waals surface area (Å²) in [6.45, 7) is 2.71. The van der Waals surface area contributed by atoms with Gasteiger partial charge in [-0.1, -0.05) is 36.4 Å². The largest absolute Gasteiger partial charge is 0.506 e. The quantitative estimate of drug-likeness (QED) is 0.599. The van der Waals surface area contributed by atoms with Gasteiger partial charge in [0.05, 0.1) is 11.8 Å². The molecule has 1 heterocycles. The molecule has 1 aliphatic rings. The number of rotatable bonds is 4. The highest BCUT2D eigenvalue weighted by atomic mass is 16.3. The molecule has 0 radical (unpaired) electrons. The Kier molecular flexibility index (Phi) is 4.84. The molecule has 0 spiro atoms. The zero-order valence-electron chi connectivity index (χ0n) is 13.2. The number of aromatic hydroxyl groups is 1. The van der Waals surface area contributed by atoms with E-state index in [-0.39, 0.29) is 17.8 Å². The number of nitrogen functional groups attached to an aromatic ring is 1. The number of likely N-dealkylation sites (tertiary alicyclic amines) is 1. The number of hydrogen-bond acceptors (Lipinski definition) is 4. The molecule has 4 heteroatoms. The number of anilines is 1. The first kappa shape index (κ1) is 15.8. The average Bonchev–Trinajstić information content (AvgIpc) is 2.55. The van der Waals surface area contributed by atoms with Gasteiger partial charge in [-0.25, -0.2) is 0 Å². The molecule has 2 atom stereocenters. The van der Waals surface area contributed by atoms with Crippen LogP contribution in [0.25, 0.3) is 0 Å². The number of phenolic OH excluding ortho intramolecular Hbond substituents is 1. The first-order chi connectivity index (χ1) is 11.1. The lowest BCUT2D eigenvalue weighted by Gasteiger charge is -2.36. The van der Waals surface area contributed by atoms with E-state index in [9.17, 15) is 10.2 Å². The molecule has 4 N–H and O–H groups in total. The summed E-state index contributed by atoms with van der Waals surface area (Å²) in [6, 6.07) is 15.7. The van der Waals surface area contributed by atoms with Gasteiger partial charge in [-0.15, -0.1) is 0 Å². The van der Waals surface area contributed by atoms with Crippen molar-refractivity contribution in [3.8, 4) is 5.75 Å². The predicted octanol–water partition coefficient (Wildman–Crippen LogP) is 2.40. The van der Waals surface area contributed by atoms with E-state index in [2.05, 4.69) is 29.2 Å². The minimum atomic E-state index is -0.281. The van der Waals surface area contributed by atoms with Gasteiger partial charge in [-0.05, 0) is 36.1 Å². The number of phenols is 1. The first-order valence-electron chi connectivity index (χ1n) is 8.13. The summed E-state index contributed by atoms with van der Waals surface area (Å²) in [4.78, 5) is 2.40. The van der Waals surface area contributed by atoms with Crippen LogP contribution in [-0.2, 0) is 13.0 Å². The molecule has 1 fully saturated rings. The second-order valence-electron chi connectivity index (χ2n) is 6.43. The molecule has 0 bridgehead atoms. The van der Waals surface area contributed by atoms with Gasteiger partial charge in [-0.2, -0.15) is 0 Å². The van der Waals surface area contributed by atoms with Crippen LogP contribution in [0.5, 0.6) is 5.75 Å². The minimum Gasteiger partial charge on any atom is -0.506 e. The minimum absolute atomic E-state index is 0.114. The molecule has 2 aromatic rings. The summed E-state index contributed by atoms with van der Waals surface area (Å²) in [5.41, 5.74) is 8.53. The van der Waals surface area contributed by atoms with Gasteiger partial charge in [-0.3, -0.25) is 4.90 Å². The number of nitrogens with two attached hydrogens (primary N) is 1. The number of aliphatic hydroxyl groups excluding tert-OH is 1. The molecule has 0 aliphatic carbocycles. The van der Waals surface area contributed by atoms with E-state index in [1.54, 1.807) is 12.1 Å². The third-order valence-electron chi connectivity index (χ3n) is 4.62. The summed E-state index contributed by atoms with van der Waals surface area (Å²) < 4.78 is 0. The zero-order chi connectivity index (χ0) is 16.2. The lowest BCUT2D eigenvalue weighted by molar-refractivity contribution is 0.0239. The standard InChI is InChI=1S/C19H24N2O2/c20-17-11-15(6-7-19(17)23)10-16-13-21(9-8-18(16)22)12-14-4-2-1-3-5-14/h1-7,11,16,18,22-23H,8-10,12-13,20H2. The van der Waals surface area contributed by atoms with Crippen molar-refractivity contribution in [1.82, 2.24) is 4.90 Å². The van der Waals surface area contributed by atoms with Crippen molar-refractivity contribution in [2.45, 2.75) is 25.5 Å². The molecular weight excluding hydrogens is 288 g/mol. The fraction of sp³-hybridized carbons (Fsp3) is 0.368. The molecule has 23 heavy (non-hydrogen) atoms. The van der Waals surface area contributed by atoms with Crippen LogP contribution >= 0.6 is 0 Å². The van der Waals surface area contributed by atoms with Crippen LogP contribution in [0.1, 0.15) is 17.5 Å². The SMILES string of the molecule is Nc1cc(CC2CN(Cc3ccccc3)CCC2O)ccc1O. The summed E-state index contributed by atoms with van der Waals surface area (Å²) in [5, 5.41) is 19.9. The molecule has 1 aliphatic heterocycles. The summed E-state index contributed by atoms with van der Waals surface area (Å²) >= 11 is 0. The molecule has 1 saturated heterocycles. The van der Waals surface area contributed by atoms with Crippen molar-refractivity contribution < 1.29 is 10.2 Å². The van der Waals surface area contributed by atoms with E-state index in [4.69, 9.17) is 5.73 Å². The molecule has 2 unspecified atom stereocenters. The maximum absolute atomic E-state index is 10.3. The van der Waals surface area contributed by atoms with Gasteiger partial charge in [0.15, 0.2) is 0 Å². The molecule has 0 saturated carbocycles. The van der Waals surface area contributed by atoms with Crippen LogP contribution in [-0.4, -0.2) is 34.3 Å². The van der Waals surface area contributed by atoms with E-state index >= 15 is 0 Å². The topological polar surface area (TPSA) is 69.7 Å².